The van der Waals surface area contributed by atoms with Crippen LogP contribution in [-0.2, 0) is 22.5 Å². The zero-order chi connectivity index (χ0) is 21.9. The molecule has 0 spiro atoms. The summed E-state index contributed by atoms with van der Waals surface area (Å²) in [4.78, 5) is 17.0. The van der Waals surface area contributed by atoms with E-state index in [1.54, 1.807) is 6.92 Å². The van der Waals surface area contributed by atoms with Gasteiger partial charge >= 0.3 is 5.97 Å². The van der Waals surface area contributed by atoms with Gasteiger partial charge in [-0.05, 0) is 84.7 Å². The highest BCUT2D eigenvalue weighted by Gasteiger charge is 2.51. The standard InChI is InChI=1S/C26H27FN2O2/c1-15(2)24-21(12-26(7-8-26)25(30)31-4)20-10-17-13-28-14-18(17)11-23(20)29(24)19-5-6-22(27)16(3)9-19/h5-6,9-11,14-15H,7-8,12-13H2,1-4H3. The molecule has 0 unspecified atom stereocenters. The van der Waals surface area contributed by atoms with Crippen molar-refractivity contribution < 1.29 is 13.9 Å². The van der Waals surface area contributed by atoms with Gasteiger partial charge in [-0.3, -0.25) is 9.79 Å². The first-order valence-electron chi connectivity index (χ1n) is 10.9. The monoisotopic (exact) mass is 418 g/mol. The molecular formula is C26H27FN2O2. The number of aliphatic imine (C=N–C) groups is 1. The normalized spacial score (nSPS) is 16.2. The zero-order valence-corrected chi connectivity index (χ0v) is 18.5. The third-order valence-electron chi connectivity index (χ3n) is 6.80. The van der Waals surface area contributed by atoms with Gasteiger partial charge in [0.15, 0.2) is 0 Å². The van der Waals surface area contributed by atoms with Crippen molar-refractivity contribution in [2.24, 2.45) is 10.4 Å². The van der Waals surface area contributed by atoms with Crippen molar-refractivity contribution in [3.63, 3.8) is 0 Å². The highest BCUT2D eigenvalue weighted by atomic mass is 19.1. The molecule has 1 fully saturated rings. The Bertz CT molecular complexity index is 1250. The number of hydrogen-bond acceptors (Lipinski definition) is 3. The molecule has 0 amide bonds. The van der Waals surface area contributed by atoms with Gasteiger partial charge in [0.1, 0.15) is 5.82 Å². The molecular weight excluding hydrogens is 391 g/mol. The predicted octanol–water partition coefficient (Wildman–Crippen LogP) is 5.63. The van der Waals surface area contributed by atoms with Crippen LogP contribution in [0.5, 0.6) is 0 Å². The number of rotatable bonds is 5. The third kappa shape index (κ3) is 3.10. The summed E-state index contributed by atoms with van der Waals surface area (Å²) >= 11 is 0. The first-order chi connectivity index (χ1) is 14.8. The maximum absolute atomic E-state index is 14.1. The summed E-state index contributed by atoms with van der Waals surface area (Å²) in [6.07, 6.45) is 4.30. The minimum Gasteiger partial charge on any atom is -0.469 e. The van der Waals surface area contributed by atoms with E-state index in [2.05, 4.69) is 35.5 Å². The maximum atomic E-state index is 14.1. The molecule has 31 heavy (non-hydrogen) atoms. The van der Waals surface area contributed by atoms with Gasteiger partial charge in [0.25, 0.3) is 0 Å². The summed E-state index contributed by atoms with van der Waals surface area (Å²) in [7, 11) is 1.47. The fraction of sp³-hybridized carbons (Fsp3) is 0.385. The number of carbonyl (C=O) groups is 1. The lowest BCUT2D eigenvalue weighted by molar-refractivity contribution is -0.147. The summed E-state index contributed by atoms with van der Waals surface area (Å²) in [6.45, 7) is 6.83. The van der Waals surface area contributed by atoms with Crippen LogP contribution in [0.2, 0.25) is 0 Å². The number of ether oxygens (including phenoxy) is 1. The fourth-order valence-electron chi connectivity index (χ4n) is 4.98. The van der Waals surface area contributed by atoms with Crippen LogP contribution in [0, 0.1) is 18.2 Å². The van der Waals surface area contributed by atoms with Crippen molar-refractivity contribution in [2.75, 3.05) is 7.11 Å². The topological polar surface area (TPSA) is 43.6 Å². The zero-order valence-electron chi connectivity index (χ0n) is 18.5. The number of aryl methyl sites for hydroxylation is 1. The van der Waals surface area contributed by atoms with E-state index in [0.29, 0.717) is 18.5 Å². The van der Waals surface area contributed by atoms with Crippen molar-refractivity contribution in [1.82, 2.24) is 4.57 Å². The molecule has 2 aromatic carbocycles. The lowest BCUT2D eigenvalue weighted by Gasteiger charge is -2.18. The molecule has 0 atom stereocenters. The van der Waals surface area contributed by atoms with Crippen LogP contribution in [-0.4, -0.2) is 23.9 Å². The molecule has 1 aliphatic carbocycles. The second-order valence-corrected chi connectivity index (χ2v) is 9.27. The van der Waals surface area contributed by atoms with Crippen molar-refractivity contribution >= 4 is 23.1 Å². The first kappa shape index (κ1) is 20.0. The highest BCUT2D eigenvalue weighted by Crippen LogP contribution is 2.52. The molecule has 1 aromatic heterocycles. The fourth-order valence-corrected chi connectivity index (χ4v) is 4.98. The van der Waals surface area contributed by atoms with Crippen molar-refractivity contribution in [3.8, 4) is 5.69 Å². The minimum atomic E-state index is -0.425. The van der Waals surface area contributed by atoms with E-state index in [1.165, 1.54) is 30.0 Å². The summed E-state index contributed by atoms with van der Waals surface area (Å²) in [5.74, 6) is -0.0999. The summed E-state index contributed by atoms with van der Waals surface area (Å²) in [5.41, 5.74) is 6.92. The van der Waals surface area contributed by atoms with Crippen LogP contribution in [0.1, 0.15) is 60.6 Å². The van der Waals surface area contributed by atoms with E-state index in [9.17, 15) is 9.18 Å². The Morgan fingerprint density at radius 1 is 1.26 bits per heavy atom. The van der Waals surface area contributed by atoms with Gasteiger partial charge in [-0.15, -0.1) is 0 Å². The first-order valence-corrected chi connectivity index (χ1v) is 10.9. The van der Waals surface area contributed by atoms with Gasteiger partial charge < -0.3 is 9.30 Å². The maximum Gasteiger partial charge on any atom is 0.312 e. The molecule has 2 aliphatic rings. The van der Waals surface area contributed by atoms with Crippen LogP contribution < -0.4 is 0 Å². The molecule has 3 aromatic rings. The Labute approximate surface area is 181 Å². The number of hydrogen-bond donors (Lipinski definition) is 0. The molecule has 160 valence electrons. The van der Waals surface area contributed by atoms with Crippen molar-refractivity contribution in [3.05, 3.63) is 64.1 Å². The van der Waals surface area contributed by atoms with Crippen molar-refractivity contribution in [1.29, 1.82) is 0 Å². The molecule has 0 radical (unpaired) electrons. The highest BCUT2D eigenvalue weighted by molar-refractivity contribution is 5.96. The van der Waals surface area contributed by atoms with Gasteiger partial charge in [0, 0.05) is 23.0 Å². The summed E-state index contributed by atoms with van der Waals surface area (Å²) in [6, 6.07) is 9.70. The Hall–Kier alpha value is -2.95. The second-order valence-electron chi connectivity index (χ2n) is 9.27. The van der Waals surface area contributed by atoms with Crippen LogP contribution in [0.15, 0.2) is 35.3 Å². The SMILES string of the molecule is COC(=O)C1(Cc2c(C(C)C)n(-c3ccc(F)c(C)c3)c3cc4c(cc23)CN=C4)CC1. The molecule has 5 heteroatoms. The second kappa shape index (κ2) is 7.04. The molecule has 4 nitrogen and oxygen atoms in total. The lowest BCUT2D eigenvalue weighted by atomic mass is 9.91. The summed E-state index contributed by atoms with van der Waals surface area (Å²) < 4.78 is 21.5. The quantitative estimate of drug-likeness (QED) is 0.504. The van der Waals surface area contributed by atoms with Gasteiger partial charge in [-0.2, -0.15) is 0 Å². The molecule has 0 bridgehead atoms. The molecule has 0 N–H and O–H groups in total. The van der Waals surface area contributed by atoms with Gasteiger partial charge in [-0.25, -0.2) is 4.39 Å². The third-order valence-corrected chi connectivity index (χ3v) is 6.80. The minimum absolute atomic E-state index is 0.120. The van der Waals surface area contributed by atoms with Gasteiger partial charge in [0.2, 0.25) is 0 Å². The molecule has 5 rings (SSSR count). The largest absolute Gasteiger partial charge is 0.469 e. The van der Waals surface area contributed by atoms with E-state index in [4.69, 9.17) is 4.74 Å². The van der Waals surface area contributed by atoms with E-state index < -0.39 is 5.41 Å². The molecule has 1 aliphatic heterocycles. The smallest absolute Gasteiger partial charge is 0.312 e. The Balaban J connectivity index is 1.81. The Morgan fingerprint density at radius 3 is 2.68 bits per heavy atom. The number of aromatic nitrogens is 1. The average molecular weight is 419 g/mol. The van der Waals surface area contributed by atoms with E-state index in [-0.39, 0.29) is 17.7 Å². The van der Waals surface area contributed by atoms with Crippen LogP contribution >= 0.6 is 0 Å². The van der Waals surface area contributed by atoms with Crippen LogP contribution in [0.25, 0.3) is 16.6 Å². The Morgan fingerprint density at radius 2 is 2.03 bits per heavy atom. The van der Waals surface area contributed by atoms with E-state index in [1.807, 2.05) is 18.3 Å². The number of nitrogens with zero attached hydrogens (tertiary/aromatic N) is 2. The number of methoxy groups -OCH3 is 1. The molecule has 1 saturated carbocycles. The van der Waals surface area contributed by atoms with Crippen LogP contribution in [0.4, 0.5) is 4.39 Å². The number of fused-ring (bicyclic) bond motifs is 2. The Kier molecular flexibility index (Phi) is 4.54. The van der Waals surface area contributed by atoms with Crippen molar-refractivity contribution in [2.45, 2.75) is 52.5 Å². The van der Waals surface area contributed by atoms with Gasteiger partial charge in [0.05, 0.1) is 24.6 Å². The van der Waals surface area contributed by atoms with E-state index in [0.717, 1.165) is 35.0 Å². The lowest BCUT2D eigenvalue weighted by Crippen LogP contribution is -2.21. The van der Waals surface area contributed by atoms with E-state index >= 15 is 0 Å². The molecule has 0 saturated heterocycles. The average Bonchev–Trinajstić information content (AvgIpc) is 3.27. The number of carbonyl (C=O) groups excluding carboxylic acids is 1. The van der Waals surface area contributed by atoms with Crippen LogP contribution in [0.3, 0.4) is 0 Å². The number of esters is 1. The predicted molar refractivity (Wildman–Crippen MR) is 121 cm³/mol. The van der Waals surface area contributed by atoms with Gasteiger partial charge in [-0.1, -0.05) is 13.8 Å². The summed E-state index contributed by atoms with van der Waals surface area (Å²) in [5, 5.41) is 1.16. The molecule has 2 heterocycles. The number of benzene rings is 2. The number of halogens is 1.